The van der Waals surface area contributed by atoms with Crippen molar-refractivity contribution in [1.29, 1.82) is 0 Å². The van der Waals surface area contributed by atoms with Crippen molar-refractivity contribution in [2.75, 3.05) is 22.9 Å². The van der Waals surface area contributed by atoms with Gasteiger partial charge in [0.1, 0.15) is 5.75 Å². The number of carbonyl (C=O) groups excluding carboxylic acids is 2. The molecule has 7 heteroatoms. The van der Waals surface area contributed by atoms with Gasteiger partial charge in [0.2, 0.25) is 5.78 Å². The van der Waals surface area contributed by atoms with E-state index in [0.717, 1.165) is 31.6 Å². The zero-order chi connectivity index (χ0) is 22.2. The fourth-order valence-corrected chi connectivity index (χ4v) is 4.45. The summed E-state index contributed by atoms with van der Waals surface area (Å²) in [5.74, 6) is -1.86. The van der Waals surface area contributed by atoms with Crippen LogP contribution in [0.2, 0.25) is 0 Å². The Bertz CT molecular complexity index is 1190. The molecule has 3 heterocycles. The Balaban J connectivity index is 1.58. The van der Waals surface area contributed by atoms with E-state index in [4.69, 9.17) is 4.42 Å². The summed E-state index contributed by atoms with van der Waals surface area (Å²) in [4.78, 5) is 30.0. The normalized spacial score (nSPS) is 18.6. The number of benzene rings is 2. The van der Waals surface area contributed by atoms with Gasteiger partial charge in [-0.05, 0) is 66.9 Å². The molecule has 2 aliphatic rings. The summed E-state index contributed by atoms with van der Waals surface area (Å²) in [6.45, 7) is 2.00. The second-order valence-corrected chi connectivity index (χ2v) is 7.95. The summed E-state index contributed by atoms with van der Waals surface area (Å²) >= 11 is 0. The van der Waals surface area contributed by atoms with Crippen molar-refractivity contribution in [3.63, 3.8) is 0 Å². The number of hydrogen-bond acceptors (Lipinski definition) is 6. The molecule has 0 spiro atoms. The summed E-state index contributed by atoms with van der Waals surface area (Å²) in [7, 11) is 0. The van der Waals surface area contributed by atoms with Gasteiger partial charge in [-0.3, -0.25) is 14.5 Å². The van der Waals surface area contributed by atoms with Gasteiger partial charge in [0.05, 0.1) is 17.9 Å². The number of aliphatic hydroxyl groups is 1. The Morgan fingerprint density at radius 2 is 1.66 bits per heavy atom. The number of amides is 1. The maximum absolute atomic E-state index is 13.2. The second kappa shape index (κ2) is 7.92. The molecule has 1 saturated heterocycles. The largest absolute Gasteiger partial charge is 0.508 e. The summed E-state index contributed by atoms with van der Waals surface area (Å²) in [6.07, 6.45) is 3.67. The van der Waals surface area contributed by atoms with Crippen molar-refractivity contribution in [2.24, 2.45) is 0 Å². The molecule has 7 nitrogen and oxygen atoms in total. The van der Waals surface area contributed by atoms with Crippen LogP contribution >= 0.6 is 0 Å². The van der Waals surface area contributed by atoms with Gasteiger partial charge >= 0.3 is 0 Å². The number of carbonyl (C=O) groups is 2. The van der Waals surface area contributed by atoms with Crippen molar-refractivity contribution in [2.45, 2.75) is 18.9 Å². The number of ketones is 1. The number of hydrogen-bond donors (Lipinski definition) is 2. The fraction of sp³-hybridized carbons (Fsp3) is 0.200. The van der Waals surface area contributed by atoms with Gasteiger partial charge in [0.15, 0.2) is 11.5 Å². The molecule has 0 aliphatic carbocycles. The molecule has 2 aromatic carbocycles. The van der Waals surface area contributed by atoms with Gasteiger partial charge in [0.25, 0.3) is 5.91 Å². The zero-order valence-electron chi connectivity index (χ0n) is 17.3. The average molecular weight is 430 g/mol. The summed E-state index contributed by atoms with van der Waals surface area (Å²) in [6, 6.07) is 16.0. The van der Waals surface area contributed by atoms with Gasteiger partial charge in [0, 0.05) is 24.5 Å². The maximum atomic E-state index is 13.2. The van der Waals surface area contributed by atoms with Crippen LogP contribution in [0.5, 0.6) is 5.75 Å². The van der Waals surface area contributed by atoms with Crippen molar-refractivity contribution in [1.82, 2.24) is 0 Å². The SMILES string of the molecule is O=C(C1=C(O)C(=O)N(c2ccc(N3CCCC3)cc2)C1c1cccc(O)c1)c1ccco1. The monoisotopic (exact) mass is 430 g/mol. The summed E-state index contributed by atoms with van der Waals surface area (Å²) < 4.78 is 5.23. The lowest BCUT2D eigenvalue weighted by atomic mass is 9.94. The minimum Gasteiger partial charge on any atom is -0.508 e. The fourth-order valence-electron chi connectivity index (χ4n) is 4.45. The minimum absolute atomic E-state index is 0.00420. The van der Waals surface area contributed by atoms with Crippen LogP contribution in [0.1, 0.15) is 35.0 Å². The van der Waals surface area contributed by atoms with E-state index < -0.39 is 23.5 Å². The number of phenolic OH excluding ortho intramolecular Hbond substituents is 1. The first-order chi connectivity index (χ1) is 15.5. The van der Waals surface area contributed by atoms with Crippen LogP contribution in [0.15, 0.2) is 82.7 Å². The molecule has 1 unspecified atom stereocenters. The molecular formula is C25H22N2O5. The highest BCUT2D eigenvalue weighted by atomic mass is 16.3. The first-order valence-electron chi connectivity index (χ1n) is 10.5. The average Bonchev–Trinajstić information content (AvgIpc) is 3.56. The van der Waals surface area contributed by atoms with E-state index in [1.54, 1.807) is 18.2 Å². The van der Waals surface area contributed by atoms with Crippen molar-refractivity contribution in [3.8, 4) is 5.75 Å². The molecule has 2 aliphatic heterocycles. The Morgan fingerprint density at radius 3 is 2.31 bits per heavy atom. The van der Waals surface area contributed by atoms with Crippen LogP contribution in [-0.2, 0) is 4.79 Å². The molecular weight excluding hydrogens is 408 g/mol. The van der Waals surface area contributed by atoms with E-state index in [1.807, 2.05) is 24.3 Å². The van der Waals surface area contributed by atoms with Crippen LogP contribution in [0.4, 0.5) is 11.4 Å². The molecule has 1 atom stereocenters. The number of furan rings is 1. The molecule has 3 aromatic rings. The number of aliphatic hydroxyl groups excluding tert-OH is 1. The van der Waals surface area contributed by atoms with Crippen LogP contribution in [0.3, 0.4) is 0 Å². The van der Waals surface area contributed by atoms with E-state index in [2.05, 4.69) is 4.90 Å². The molecule has 1 amide bonds. The number of anilines is 2. The topological polar surface area (TPSA) is 94.2 Å². The first-order valence-corrected chi connectivity index (χ1v) is 10.5. The van der Waals surface area contributed by atoms with Crippen LogP contribution in [-0.4, -0.2) is 35.0 Å². The van der Waals surface area contributed by atoms with Crippen LogP contribution in [0, 0.1) is 0 Å². The third kappa shape index (κ3) is 3.32. The maximum Gasteiger partial charge on any atom is 0.294 e. The number of Topliss-reactive ketones (excluding diaryl/α,β-unsaturated/α-hetero) is 1. The Labute approximate surface area is 184 Å². The smallest absolute Gasteiger partial charge is 0.294 e. The van der Waals surface area contributed by atoms with Crippen molar-refractivity contribution >= 4 is 23.1 Å². The first kappa shape index (κ1) is 19.9. The quantitative estimate of drug-likeness (QED) is 0.584. The van der Waals surface area contributed by atoms with E-state index >= 15 is 0 Å². The Hall–Kier alpha value is -4.00. The minimum atomic E-state index is -0.912. The van der Waals surface area contributed by atoms with Gasteiger partial charge in [-0.25, -0.2) is 0 Å². The number of aromatic hydroxyl groups is 1. The molecule has 1 fully saturated rings. The third-order valence-corrected chi connectivity index (χ3v) is 5.98. The molecule has 32 heavy (non-hydrogen) atoms. The Morgan fingerprint density at radius 1 is 0.938 bits per heavy atom. The molecule has 5 rings (SSSR count). The predicted molar refractivity (Wildman–Crippen MR) is 119 cm³/mol. The van der Waals surface area contributed by atoms with E-state index in [-0.39, 0.29) is 17.1 Å². The highest BCUT2D eigenvalue weighted by molar-refractivity contribution is 6.20. The third-order valence-electron chi connectivity index (χ3n) is 5.98. The lowest BCUT2D eigenvalue weighted by molar-refractivity contribution is -0.117. The lowest BCUT2D eigenvalue weighted by Crippen LogP contribution is -2.31. The van der Waals surface area contributed by atoms with E-state index in [0.29, 0.717) is 11.3 Å². The molecule has 0 radical (unpaired) electrons. The van der Waals surface area contributed by atoms with Gasteiger partial charge in [-0.2, -0.15) is 0 Å². The summed E-state index contributed by atoms with van der Waals surface area (Å²) in [5.41, 5.74) is 2.02. The van der Waals surface area contributed by atoms with Gasteiger partial charge in [-0.1, -0.05) is 12.1 Å². The highest BCUT2D eigenvalue weighted by Gasteiger charge is 2.45. The van der Waals surface area contributed by atoms with E-state index in [9.17, 15) is 19.8 Å². The predicted octanol–water partition coefficient (Wildman–Crippen LogP) is 4.37. The highest BCUT2D eigenvalue weighted by Crippen LogP contribution is 2.43. The van der Waals surface area contributed by atoms with Crippen LogP contribution in [0.25, 0.3) is 0 Å². The molecule has 2 N–H and O–H groups in total. The molecule has 1 aromatic heterocycles. The van der Waals surface area contributed by atoms with E-state index in [1.165, 1.54) is 29.4 Å². The number of rotatable bonds is 5. The molecule has 162 valence electrons. The Kier molecular flexibility index (Phi) is 4.93. The molecule has 0 saturated carbocycles. The lowest BCUT2D eigenvalue weighted by Gasteiger charge is -2.27. The summed E-state index contributed by atoms with van der Waals surface area (Å²) in [5, 5.41) is 20.8. The number of nitrogens with zero attached hydrogens (tertiary/aromatic N) is 2. The van der Waals surface area contributed by atoms with Crippen LogP contribution < -0.4 is 9.80 Å². The van der Waals surface area contributed by atoms with Gasteiger partial charge < -0.3 is 19.5 Å². The standard InChI is InChI=1S/C25H22N2O5/c28-19-6-3-5-16(15-19)22-21(23(29)20-7-4-14-32-20)24(30)25(31)27(22)18-10-8-17(9-11-18)26-12-1-2-13-26/h3-11,14-15,22,28,30H,1-2,12-13H2. The molecule has 0 bridgehead atoms. The van der Waals surface area contributed by atoms with Gasteiger partial charge in [-0.15, -0.1) is 0 Å². The van der Waals surface area contributed by atoms with Crippen molar-refractivity contribution in [3.05, 3.63) is 89.6 Å². The number of phenols is 1. The second-order valence-electron chi connectivity index (χ2n) is 7.95. The zero-order valence-corrected chi connectivity index (χ0v) is 17.3. The van der Waals surface area contributed by atoms with Crippen molar-refractivity contribution < 1.29 is 24.2 Å².